The third-order valence-electron chi connectivity index (χ3n) is 2.82. The first-order valence-corrected chi connectivity index (χ1v) is 5.75. The fourth-order valence-electron chi connectivity index (χ4n) is 1.79. The summed E-state index contributed by atoms with van der Waals surface area (Å²) >= 11 is 1.83. The Hall–Kier alpha value is 0.270. The molecular formula is C9H19NOS. The van der Waals surface area contributed by atoms with E-state index in [2.05, 4.69) is 13.8 Å². The lowest BCUT2D eigenvalue weighted by Gasteiger charge is -2.33. The molecule has 0 aliphatic carbocycles. The number of hydrogen-bond donors (Lipinski definition) is 2. The van der Waals surface area contributed by atoms with Crippen molar-refractivity contribution in [3.63, 3.8) is 0 Å². The first kappa shape index (κ1) is 10.4. The van der Waals surface area contributed by atoms with Crippen LogP contribution < -0.4 is 5.73 Å². The molecule has 1 saturated heterocycles. The second-order valence-electron chi connectivity index (χ2n) is 3.65. The summed E-state index contributed by atoms with van der Waals surface area (Å²) in [5.41, 5.74) is 5.35. The maximum atomic E-state index is 10.2. The fraction of sp³-hybridized carbons (Fsp3) is 1.00. The molecule has 0 saturated carbocycles. The highest BCUT2D eigenvalue weighted by Gasteiger charge is 2.43. The van der Waals surface area contributed by atoms with E-state index < -0.39 is 5.60 Å². The van der Waals surface area contributed by atoms with Gasteiger partial charge in [0.1, 0.15) is 0 Å². The van der Waals surface area contributed by atoms with Crippen LogP contribution in [0.5, 0.6) is 0 Å². The molecule has 1 aliphatic heterocycles. The third kappa shape index (κ3) is 1.78. The second kappa shape index (κ2) is 3.99. The topological polar surface area (TPSA) is 46.2 Å². The van der Waals surface area contributed by atoms with Crippen LogP contribution in [0.25, 0.3) is 0 Å². The molecule has 0 aromatic heterocycles. The van der Waals surface area contributed by atoms with Crippen LogP contribution in [0, 0.1) is 0 Å². The van der Waals surface area contributed by atoms with Crippen molar-refractivity contribution < 1.29 is 5.11 Å². The zero-order chi connectivity index (χ0) is 9.19. The van der Waals surface area contributed by atoms with Crippen LogP contribution in [-0.4, -0.2) is 27.8 Å². The van der Waals surface area contributed by atoms with Crippen molar-refractivity contribution >= 4 is 11.8 Å². The molecule has 1 heterocycles. The predicted molar refractivity (Wildman–Crippen MR) is 54.4 cm³/mol. The Morgan fingerprint density at radius 2 is 2.42 bits per heavy atom. The number of nitrogens with two attached hydrogens (primary N) is 1. The third-order valence-corrected chi connectivity index (χ3v) is 4.16. The number of hydrogen-bond acceptors (Lipinski definition) is 3. The summed E-state index contributed by atoms with van der Waals surface area (Å²) in [4.78, 5) is 0. The Morgan fingerprint density at radius 1 is 1.75 bits per heavy atom. The first-order valence-electron chi connectivity index (χ1n) is 4.70. The Labute approximate surface area is 78.9 Å². The lowest BCUT2D eigenvalue weighted by Crippen LogP contribution is -2.51. The maximum absolute atomic E-state index is 10.2. The largest absolute Gasteiger partial charge is 0.387 e. The molecule has 1 rings (SSSR count). The van der Waals surface area contributed by atoms with Crippen LogP contribution in [0.4, 0.5) is 0 Å². The molecule has 0 radical (unpaired) electrons. The van der Waals surface area contributed by atoms with E-state index in [-0.39, 0.29) is 6.04 Å². The van der Waals surface area contributed by atoms with Crippen molar-refractivity contribution in [2.24, 2.45) is 5.73 Å². The minimum absolute atomic E-state index is 0.0347. The standard InChI is InChI=1S/C9H19NOS/c1-3-4-8(10)9(11)5-6-12-7(9)2/h7-8,11H,3-6,10H2,1-2H3. The summed E-state index contributed by atoms with van der Waals surface area (Å²) in [5.74, 6) is 1.05. The zero-order valence-corrected chi connectivity index (χ0v) is 8.73. The van der Waals surface area contributed by atoms with Crippen LogP contribution in [0.1, 0.15) is 33.1 Å². The smallest absolute Gasteiger partial charge is 0.0920 e. The average molecular weight is 189 g/mol. The number of rotatable bonds is 3. The molecule has 2 nitrogen and oxygen atoms in total. The Balaban J connectivity index is 2.56. The molecule has 3 unspecified atom stereocenters. The highest BCUT2D eigenvalue weighted by atomic mass is 32.2. The van der Waals surface area contributed by atoms with Crippen molar-refractivity contribution in [3.05, 3.63) is 0 Å². The Kier molecular flexibility index (Phi) is 3.44. The van der Waals surface area contributed by atoms with Gasteiger partial charge in [0.2, 0.25) is 0 Å². The van der Waals surface area contributed by atoms with Crippen molar-refractivity contribution in [1.29, 1.82) is 0 Å². The van der Waals surface area contributed by atoms with Gasteiger partial charge < -0.3 is 10.8 Å². The summed E-state index contributed by atoms with van der Waals surface area (Å²) in [7, 11) is 0. The van der Waals surface area contributed by atoms with Gasteiger partial charge in [0.05, 0.1) is 5.60 Å². The van der Waals surface area contributed by atoms with Gasteiger partial charge in [-0.2, -0.15) is 11.8 Å². The molecule has 72 valence electrons. The molecule has 0 spiro atoms. The van der Waals surface area contributed by atoms with Crippen LogP contribution in [0.3, 0.4) is 0 Å². The van der Waals surface area contributed by atoms with Gasteiger partial charge in [0.15, 0.2) is 0 Å². The number of thioether (sulfide) groups is 1. The molecular weight excluding hydrogens is 170 g/mol. The van der Waals surface area contributed by atoms with Crippen molar-refractivity contribution in [2.75, 3.05) is 5.75 Å². The minimum atomic E-state index is -0.597. The molecule has 0 aromatic rings. The highest BCUT2D eigenvalue weighted by molar-refractivity contribution is 8.00. The highest BCUT2D eigenvalue weighted by Crippen LogP contribution is 2.38. The molecule has 3 N–H and O–H groups in total. The van der Waals surface area contributed by atoms with Crippen molar-refractivity contribution in [1.82, 2.24) is 0 Å². The summed E-state index contributed by atoms with van der Waals surface area (Å²) in [6.07, 6.45) is 2.85. The van der Waals surface area contributed by atoms with Gasteiger partial charge in [-0.1, -0.05) is 20.3 Å². The molecule has 1 fully saturated rings. The minimum Gasteiger partial charge on any atom is -0.387 e. The van der Waals surface area contributed by atoms with E-state index in [1.807, 2.05) is 11.8 Å². The molecule has 0 aromatic carbocycles. The van der Waals surface area contributed by atoms with Gasteiger partial charge in [-0.15, -0.1) is 0 Å². The van der Waals surface area contributed by atoms with Gasteiger partial charge in [-0.25, -0.2) is 0 Å². The Bertz CT molecular complexity index is 153. The van der Waals surface area contributed by atoms with Gasteiger partial charge in [0, 0.05) is 11.3 Å². The van der Waals surface area contributed by atoms with Crippen molar-refractivity contribution in [3.8, 4) is 0 Å². The summed E-state index contributed by atoms with van der Waals surface area (Å²) in [5, 5.41) is 10.5. The second-order valence-corrected chi connectivity index (χ2v) is 5.10. The zero-order valence-electron chi connectivity index (χ0n) is 7.92. The van der Waals surface area contributed by atoms with Gasteiger partial charge in [-0.3, -0.25) is 0 Å². The summed E-state index contributed by atoms with van der Waals surface area (Å²) in [6, 6.07) is -0.0347. The molecule has 0 bridgehead atoms. The van der Waals surface area contributed by atoms with Crippen molar-refractivity contribution in [2.45, 2.75) is 50.0 Å². The molecule has 12 heavy (non-hydrogen) atoms. The quantitative estimate of drug-likeness (QED) is 0.705. The van der Waals surface area contributed by atoms with E-state index in [0.717, 1.165) is 25.0 Å². The Morgan fingerprint density at radius 3 is 2.83 bits per heavy atom. The molecule has 3 atom stereocenters. The van der Waals surface area contributed by atoms with E-state index in [1.165, 1.54) is 0 Å². The molecule has 1 aliphatic rings. The van der Waals surface area contributed by atoms with E-state index in [4.69, 9.17) is 5.73 Å². The SMILES string of the molecule is CCCC(N)C1(O)CCSC1C. The van der Waals surface area contributed by atoms with E-state index in [9.17, 15) is 5.11 Å². The lowest BCUT2D eigenvalue weighted by molar-refractivity contribution is 0.0167. The first-order chi connectivity index (χ1) is 5.61. The van der Waals surface area contributed by atoms with E-state index in [1.54, 1.807) is 0 Å². The maximum Gasteiger partial charge on any atom is 0.0920 e. The molecule has 3 heteroatoms. The fourth-order valence-corrected chi connectivity index (χ4v) is 3.17. The predicted octanol–water partition coefficient (Wildman–Crippen LogP) is 1.37. The normalized spacial score (nSPS) is 38.5. The lowest BCUT2D eigenvalue weighted by atomic mass is 9.86. The van der Waals surface area contributed by atoms with Crippen LogP contribution in [0.2, 0.25) is 0 Å². The monoisotopic (exact) mass is 189 g/mol. The van der Waals surface area contributed by atoms with Crippen LogP contribution >= 0.6 is 11.8 Å². The van der Waals surface area contributed by atoms with E-state index in [0.29, 0.717) is 5.25 Å². The van der Waals surface area contributed by atoms with Gasteiger partial charge >= 0.3 is 0 Å². The van der Waals surface area contributed by atoms with Crippen LogP contribution in [-0.2, 0) is 0 Å². The average Bonchev–Trinajstić information content (AvgIpc) is 2.34. The van der Waals surface area contributed by atoms with E-state index >= 15 is 0 Å². The number of aliphatic hydroxyl groups is 1. The summed E-state index contributed by atoms with van der Waals surface area (Å²) < 4.78 is 0. The van der Waals surface area contributed by atoms with Gasteiger partial charge in [0.25, 0.3) is 0 Å². The van der Waals surface area contributed by atoms with Crippen LogP contribution in [0.15, 0.2) is 0 Å². The molecule has 0 amide bonds. The summed E-state index contributed by atoms with van der Waals surface area (Å²) in [6.45, 7) is 4.18. The van der Waals surface area contributed by atoms with Gasteiger partial charge in [-0.05, 0) is 18.6 Å².